The van der Waals surface area contributed by atoms with Gasteiger partial charge in [0.2, 0.25) is 0 Å². The maximum atomic E-state index is 10.2. The van der Waals surface area contributed by atoms with E-state index in [-0.39, 0.29) is 6.10 Å². The molecule has 0 saturated heterocycles. The van der Waals surface area contributed by atoms with Crippen LogP contribution in [0.4, 0.5) is 0 Å². The Bertz CT molecular complexity index is 737. The number of hydrogen-bond donors (Lipinski definition) is 1. The van der Waals surface area contributed by atoms with E-state index in [1.54, 1.807) is 7.11 Å². The summed E-state index contributed by atoms with van der Waals surface area (Å²) in [7, 11) is 1.59. The van der Waals surface area contributed by atoms with E-state index in [1.807, 2.05) is 42.5 Å². The summed E-state index contributed by atoms with van der Waals surface area (Å²) < 4.78 is 5.07. The van der Waals surface area contributed by atoms with Gasteiger partial charge in [0.15, 0.2) is 0 Å². The lowest BCUT2D eigenvalue weighted by Gasteiger charge is -2.26. The molecule has 0 aliphatic carbocycles. The largest absolute Gasteiger partial charge is 0.390 e. The van der Waals surface area contributed by atoms with Crippen LogP contribution in [0.3, 0.4) is 0 Å². The van der Waals surface area contributed by atoms with Gasteiger partial charge in [0.25, 0.3) is 0 Å². The first-order valence-electron chi connectivity index (χ1n) is 9.06. The number of hydrogen-bond acceptors (Lipinski definition) is 5. The van der Waals surface area contributed by atoms with Crippen LogP contribution < -0.4 is 0 Å². The van der Waals surface area contributed by atoms with E-state index in [1.165, 1.54) is 5.56 Å². The van der Waals surface area contributed by atoms with Crippen molar-refractivity contribution in [3.63, 3.8) is 0 Å². The van der Waals surface area contributed by atoms with Crippen molar-refractivity contribution in [2.75, 3.05) is 26.8 Å². The summed E-state index contributed by atoms with van der Waals surface area (Å²) in [6.07, 6.45) is 0.138. The predicted octanol–water partition coefficient (Wildman–Crippen LogP) is 3.34. The predicted molar refractivity (Wildman–Crippen MR) is 107 cm³/mol. The Hall–Kier alpha value is -1.92. The molecule has 27 heavy (non-hydrogen) atoms. The Morgan fingerprint density at radius 3 is 2.67 bits per heavy atom. The molecular weight excluding hydrogens is 364 g/mol. The van der Waals surface area contributed by atoms with E-state index in [0.717, 1.165) is 24.2 Å². The van der Waals surface area contributed by atoms with Crippen molar-refractivity contribution in [2.24, 2.45) is 5.16 Å². The number of halogens is 1. The van der Waals surface area contributed by atoms with Crippen LogP contribution in [0.2, 0.25) is 5.02 Å². The monoisotopic (exact) mass is 388 g/mol. The second kappa shape index (κ2) is 9.85. The number of nitrogens with zero attached hydrogens (tertiary/aromatic N) is 2. The molecule has 0 bridgehead atoms. The van der Waals surface area contributed by atoms with Crippen LogP contribution >= 0.6 is 11.6 Å². The summed E-state index contributed by atoms with van der Waals surface area (Å²) >= 11 is 5.96. The van der Waals surface area contributed by atoms with E-state index in [9.17, 15) is 5.11 Å². The van der Waals surface area contributed by atoms with Gasteiger partial charge in [0, 0.05) is 38.2 Å². The molecule has 144 valence electrons. The number of aliphatic hydroxyl groups is 1. The zero-order chi connectivity index (χ0) is 19.1. The van der Waals surface area contributed by atoms with E-state index in [0.29, 0.717) is 24.7 Å². The fourth-order valence-electron chi connectivity index (χ4n) is 3.22. The Labute approximate surface area is 165 Å². The van der Waals surface area contributed by atoms with Crippen LogP contribution in [0.5, 0.6) is 0 Å². The first-order valence-corrected chi connectivity index (χ1v) is 9.43. The molecule has 0 radical (unpaired) electrons. The third kappa shape index (κ3) is 6.04. The van der Waals surface area contributed by atoms with Gasteiger partial charge in [-0.05, 0) is 23.3 Å². The lowest BCUT2D eigenvalue weighted by molar-refractivity contribution is 0.00921. The minimum absolute atomic E-state index is 0.0471. The smallest absolute Gasteiger partial charge is 0.145 e. The SMILES string of the molecule is COC[C@@H](O)CN(Cc1ccccc1)C[C@@H]1CC(c2ccc(Cl)cc2)=NO1. The highest BCUT2D eigenvalue weighted by Crippen LogP contribution is 2.20. The molecule has 1 aliphatic heterocycles. The summed E-state index contributed by atoms with van der Waals surface area (Å²) in [5.41, 5.74) is 3.14. The first kappa shape index (κ1) is 19.8. The highest BCUT2D eigenvalue weighted by atomic mass is 35.5. The van der Waals surface area contributed by atoms with Gasteiger partial charge >= 0.3 is 0 Å². The van der Waals surface area contributed by atoms with Crippen molar-refractivity contribution in [1.29, 1.82) is 0 Å². The lowest BCUT2D eigenvalue weighted by atomic mass is 10.0. The molecule has 0 spiro atoms. The Balaban J connectivity index is 1.61. The molecule has 0 saturated carbocycles. The van der Waals surface area contributed by atoms with Crippen LogP contribution in [0.25, 0.3) is 0 Å². The number of aliphatic hydroxyl groups excluding tert-OH is 1. The zero-order valence-corrected chi connectivity index (χ0v) is 16.2. The molecule has 0 aromatic heterocycles. The molecule has 1 N–H and O–H groups in total. The molecule has 1 heterocycles. The van der Waals surface area contributed by atoms with E-state index in [4.69, 9.17) is 21.2 Å². The highest BCUT2D eigenvalue weighted by Gasteiger charge is 2.25. The van der Waals surface area contributed by atoms with Crippen LogP contribution in [0, 0.1) is 0 Å². The summed E-state index contributed by atoms with van der Waals surface area (Å²) in [6, 6.07) is 17.8. The molecule has 1 aliphatic rings. The molecule has 6 heteroatoms. The number of methoxy groups -OCH3 is 1. The quantitative estimate of drug-likeness (QED) is 0.715. The topological polar surface area (TPSA) is 54.3 Å². The third-order valence-corrected chi connectivity index (χ3v) is 4.70. The standard InChI is InChI=1S/C21H25ClN2O3/c1-26-15-19(25)13-24(12-16-5-3-2-4-6-16)14-20-11-21(23-27-20)17-7-9-18(22)10-8-17/h2-10,19-20,25H,11-15H2,1H3/t19-,20-/m0/s1. The van der Waals surface area contributed by atoms with Crippen molar-refractivity contribution in [2.45, 2.75) is 25.2 Å². The van der Waals surface area contributed by atoms with Crippen molar-refractivity contribution < 1.29 is 14.7 Å². The average molecular weight is 389 g/mol. The van der Waals surface area contributed by atoms with Gasteiger partial charge in [0.05, 0.1) is 18.4 Å². The second-order valence-electron chi connectivity index (χ2n) is 6.77. The summed E-state index contributed by atoms with van der Waals surface area (Å²) in [6.45, 7) is 2.23. The van der Waals surface area contributed by atoms with Crippen LogP contribution in [0.1, 0.15) is 17.5 Å². The summed E-state index contributed by atoms with van der Waals surface area (Å²) in [5.74, 6) is 0. The van der Waals surface area contributed by atoms with Gasteiger partial charge < -0.3 is 14.7 Å². The molecule has 3 rings (SSSR count). The minimum atomic E-state index is -0.545. The average Bonchev–Trinajstić information content (AvgIpc) is 3.11. The van der Waals surface area contributed by atoms with Crippen LogP contribution in [-0.2, 0) is 16.1 Å². The Kier molecular flexibility index (Phi) is 7.24. The van der Waals surface area contributed by atoms with Crippen LogP contribution in [-0.4, -0.2) is 54.7 Å². The molecule has 2 atom stereocenters. The van der Waals surface area contributed by atoms with Crippen molar-refractivity contribution >= 4 is 17.3 Å². The molecular formula is C21H25ClN2O3. The number of ether oxygens (including phenoxy) is 1. The maximum absolute atomic E-state index is 10.2. The highest BCUT2D eigenvalue weighted by molar-refractivity contribution is 6.30. The number of oxime groups is 1. The van der Waals surface area contributed by atoms with E-state index < -0.39 is 6.10 Å². The number of benzene rings is 2. The van der Waals surface area contributed by atoms with Gasteiger partial charge in [-0.15, -0.1) is 0 Å². The Morgan fingerprint density at radius 1 is 1.22 bits per heavy atom. The van der Waals surface area contributed by atoms with E-state index in [2.05, 4.69) is 22.2 Å². The molecule has 2 aromatic rings. The fraction of sp³-hybridized carbons (Fsp3) is 0.381. The summed E-state index contributed by atoms with van der Waals surface area (Å²) in [5, 5.41) is 15.1. The van der Waals surface area contributed by atoms with Crippen molar-refractivity contribution in [3.8, 4) is 0 Å². The van der Waals surface area contributed by atoms with E-state index >= 15 is 0 Å². The van der Waals surface area contributed by atoms with Crippen molar-refractivity contribution in [3.05, 3.63) is 70.7 Å². The van der Waals surface area contributed by atoms with Gasteiger partial charge in [0.1, 0.15) is 6.10 Å². The molecule has 0 unspecified atom stereocenters. The first-order chi connectivity index (χ1) is 13.1. The zero-order valence-electron chi connectivity index (χ0n) is 15.4. The summed E-state index contributed by atoms with van der Waals surface area (Å²) in [4.78, 5) is 7.84. The van der Waals surface area contributed by atoms with Crippen molar-refractivity contribution in [1.82, 2.24) is 4.90 Å². The minimum Gasteiger partial charge on any atom is -0.390 e. The third-order valence-electron chi connectivity index (χ3n) is 4.45. The normalized spacial score (nSPS) is 17.6. The Morgan fingerprint density at radius 2 is 1.96 bits per heavy atom. The van der Waals surface area contributed by atoms with Crippen LogP contribution in [0.15, 0.2) is 59.8 Å². The fourth-order valence-corrected chi connectivity index (χ4v) is 3.34. The second-order valence-corrected chi connectivity index (χ2v) is 7.20. The van der Waals surface area contributed by atoms with Gasteiger partial charge in [-0.1, -0.05) is 59.2 Å². The lowest BCUT2D eigenvalue weighted by Crippen LogP contribution is -2.39. The molecule has 0 amide bonds. The molecule has 0 fully saturated rings. The molecule has 5 nitrogen and oxygen atoms in total. The number of rotatable bonds is 9. The van der Waals surface area contributed by atoms with Gasteiger partial charge in [-0.3, -0.25) is 4.90 Å². The molecule has 2 aromatic carbocycles. The van der Waals surface area contributed by atoms with Gasteiger partial charge in [-0.25, -0.2) is 0 Å². The van der Waals surface area contributed by atoms with Gasteiger partial charge in [-0.2, -0.15) is 0 Å². The maximum Gasteiger partial charge on any atom is 0.145 e.